The van der Waals surface area contributed by atoms with Gasteiger partial charge in [-0.1, -0.05) is 44.2 Å². The minimum atomic E-state index is -0.328. The van der Waals surface area contributed by atoms with Crippen LogP contribution in [-0.4, -0.2) is 82.4 Å². The molecule has 0 atom stereocenters. The summed E-state index contributed by atoms with van der Waals surface area (Å²) in [6.45, 7) is 3.29. The summed E-state index contributed by atoms with van der Waals surface area (Å²) in [4.78, 5) is 13.4. The van der Waals surface area contributed by atoms with E-state index in [1.807, 2.05) is 18.2 Å². The fourth-order valence-electron chi connectivity index (χ4n) is 3.82. The second kappa shape index (κ2) is 17.8. The maximum absolute atomic E-state index is 11.9. The minimum Gasteiger partial charge on any atom is -1.00 e. The fraction of sp³-hybridized carbons (Fsp3) is 0.731. The van der Waals surface area contributed by atoms with E-state index in [9.17, 15) is 4.79 Å². The van der Waals surface area contributed by atoms with Gasteiger partial charge in [0.15, 0.2) is 0 Å². The number of halogens is 2. The minimum absolute atomic E-state index is 0. The van der Waals surface area contributed by atoms with Gasteiger partial charge < -0.3 is 52.6 Å². The number of carbonyl (C=O) groups is 1. The SMILES string of the molecule is CN(C)C(=O)Oc1ccccc1C[N+](C)(C)CCCCCCCCCCC[N+](C)(C)C.[Br-].[Br-]. The van der Waals surface area contributed by atoms with Crippen molar-refractivity contribution in [1.82, 2.24) is 4.90 Å². The molecule has 0 heterocycles. The van der Waals surface area contributed by atoms with E-state index in [-0.39, 0.29) is 40.1 Å². The Morgan fingerprint density at radius 2 is 1.21 bits per heavy atom. The average molecular weight is 596 g/mol. The predicted octanol–water partition coefficient (Wildman–Crippen LogP) is -0.451. The van der Waals surface area contributed by atoms with Crippen molar-refractivity contribution in [1.29, 1.82) is 0 Å². The van der Waals surface area contributed by atoms with Gasteiger partial charge in [-0.25, -0.2) is 4.79 Å². The molecule has 1 aromatic carbocycles. The molecule has 0 aromatic heterocycles. The van der Waals surface area contributed by atoms with Crippen LogP contribution in [0.25, 0.3) is 0 Å². The molecule has 194 valence electrons. The van der Waals surface area contributed by atoms with E-state index in [1.165, 1.54) is 69.2 Å². The Morgan fingerprint density at radius 3 is 1.70 bits per heavy atom. The molecule has 0 saturated carbocycles. The number of rotatable bonds is 15. The lowest BCUT2D eigenvalue weighted by molar-refractivity contribution is -0.903. The Kier molecular flexibility index (Phi) is 18.6. The number of quaternary nitrogens is 2. The average Bonchev–Trinajstić information content (AvgIpc) is 2.66. The van der Waals surface area contributed by atoms with Crippen LogP contribution in [0.3, 0.4) is 0 Å². The highest BCUT2D eigenvalue weighted by Crippen LogP contribution is 2.23. The van der Waals surface area contributed by atoms with Crippen LogP contribution in [0.5, 0.6) is 5.75 Å². The molecule has 1 rings (SSSR count). The van der Waals surface area contributed by atoms with Crippen LogP contribution in [0.15, 0.2) is 24.3 Å². The molecule has 0 aliphatic rings. The summed E-state index contributed by atoms with van der Waals surface area (Å²) in [5, 5.41) is 0. The summed E-state index contributed by atoms with van der Waals surface area (Å²) in [6, 6.07) is 7.90. The summed E-state index contributed by atoms with van der Waals surface area (Å²) in [7, 11) is 14.8. The fourth-order valence-corrected chi connectivity index (χ4v) is 3.82. The number of hydrogen-bond donors (Lipinski definition) is 0. The van der Waals surface area contributed by atoms with Crippen LogP contribution in [0.1, 0.15) is 63.4 Å². The Labute approximate surface area is 225 Å². The highest BCUT2D eigenvalue weighted by Gasteiger charge is 2.19. The van der Waals surface area contributed by atoms with E-state index in [0.29, 0.717) is 5.75 Å². The Bertz CT molecular complexity index is 647. The molecule has 0 radical (unpaired) electrons. The van der Waals surface area contributed by atoms with E-state index < -0.39 is 0 Å². The highest BCUT2D eigenvalue weighted by atomic mass is 79.9. The first-order chi connectivity index (χ1) is 14.5. The normalized spacial score (nSPS) is 11.4. The third-order valence-electron chi connectivity index (χ3n) is 5.73. The first-order valence-electron chi connectivity index (χ1n) is 12.1. The topological polar surface area (TPSA) is 29.5 Å². The van der Waals surface area contributed by atoms with Crippen molar-refractivity contribution in [2.24, 2.45) is 0 Å². The monoisotopic (exact) mass is 593 g/mol. The molecule has 0 N–H and O–H groups in total. The van der Waals surface area contributed by atoms with Gasteiger partial charge in [-0.15, -0.1) is 0 Å². The molecule has 0 fully saturated rings. The first-order valence-corrected chi connectivity index (χ1v) is 12.1. The second-order valence-electron chi connectivity index (χ2n) is 10.9. The third-order valence-corrected chi connectivity index (χ3v) is 5.73. The van der Waals surface area contributed by atoms with Crippen LogP contribution in [0.4, 0.5) is 4.79 Å². The van der Waals surface area contributed by atoms with Crippen molar-refractivity contribution in [2.45, 2.75) is 64.3 Å². The van der Waals surface area contributed by atoms with Crippen LogP contribution >= 0.6 is 0 Å². The Morgan fingerprint density at radius 1 is 0.758 bits per heavy atom. The molecular weight excluding hydrogens is 546 g/mol. The van der Waals surface area contributed by atoms with Gasteiger partial charge in [0.25, 0.3) is 0 Å². The van der Waals surface area contributed by atoms with Crippen LogP contribution in [-0.2, 0) is 6.54 Å². The van der Waals surface area contributed by atoms with Crippen molar-refractivity contribution in [3.05, 3.63) is 29.8 Å². The number of amides is 1. The number of ether oxygens (including phenoxy) is 1. The van der Waals surface area contributed by atoms with Crippen molar-refractivity contribution in [3.8, 4) is 5.75 Å². The van der Waals surface area contributed by atoms with Crippen LogP contribution < -0.4 is 38.7 Å². The van der Waals surface area contributed by atoms with Gasteiger partial charge in [-0.2, -0.15) is 0 Å². The molecule has 0 saturated heterocycles. The Balaban J connectivity index is 0. The third kappa shape index (κ3) is 17.5. The molecule has 1 amide bonds. The number of benzene rings is 1. The number of para-hydroxylation sites is 1. The van der Waals surface area contributed by atoms with Crippen molar-refractivity contribution in [3.63, 3.8) is 0 Å². The van der Waals surface area contributed by atoms with Gasteiger partial charge in [-0.3, -0.25) is 0 Å². The molecule has 0 aliphatic heterocycles. The van der Waals surface area contributed by atoms with Crippen LogP contribution in [0, 0.1) is 0 Å². The smallest absolute Gasteiger partial charge is 0.414 e. The summed E-state index contributed by atoms with van der Waals surface area (Å²) in [6.07, 6.45) is 11.8. The van der Waals surface area contributed by atoms with Gasteiger partial charge in [0, 0.05) is 19.7 Å². The highest BCUT2D eigenvalue weighted by molar-refractivity contribution is 5.70. The summed E-state index contributed by atoms with van der Waals surface area (Å²) >= 11 is 0. The van der Waals surface area contributed by atoms with E-state index in [0.717, 1.165) is 27.6 Å². The number of carbonyl (C=O) groups excluding carboxylic acids is 1. The molecule has 7 heteroatoms. The van der Waals surface area contributed by atoms with E-state index in [1.54, 1.807) is 14.1 Å². The predicted molar refractivity (Wildman–Crippen MR) is 131 cm³/mol. The van der Waals surface area contributed by atoms with Crippen LogP contribution in [0.2, 0.25) is 0 Å². The molecule has 0 bridgehead atoms. The maximum atomic E-state index is 11.9. The van der Waals surface area contributed by atoms with Crippen molar-refractivity contribution in [2.75, 3.05) is 62.4 Å². The largest absolute Gasteiger partial charge is 1.00 e. The lowest BCUT2D eigenvalue weighted by atomic mass is 10.1. The first kappa shape index (κ1) is 34.5. The summed E-state index contributed by atoms with van der Waals surface area (Å²) < 4.78 is 7.54. The summed E-state index contributed by atoms with van der Waals surface area (Å²) in [5.41, 5.74) is 1.09. The molecule has 0 aliphatic carbocycles. The summed E-state index contributed by atoms with van der Waals surface area (Å²) in [5.74, 6) is 0.675. The lowest BCUT2D eigenvalue weighted by Gasteiger charge is -2.30. The molecule has 0 spiro atoms. The van der Waals surface area contributed by atoms with E-state index in [2.05, 4.69) is 41.3 Å². The van der Waals surface area contributed by atoms with Gasteiger partial charge >= 0.3 is 6.09 Å². The standard InChI is InChI=1S/C26H49N3O2.2BrH/c1-27(2)26(30)31-25-20-16-15-19-24(25)23-29(6,7)22-18-14-12-10-8-9-11-13-17-21-28(3,4)5;;/h15-16,19-20H,8-14,17-18,21-23H2,1-7H3;2*1H/q+2;;/p-2. The van der Waals surface area contributed by atoms with Gasteiger partial charge in [0.05, 0.1) is 48.3 Å². The van der Waals surface area contributed by atoms with E-state index >= 15 is 0 Å². The molecular formula is C26H49Br2N3O2. The molecule has 5 nitrogen and oxygen atoms in total. The van der Waals surface area contributed by atoms with Gasteiger partial charge in [0.1, 0.15) is 12.3 Å². The molecule has 0 unspecified atom stereocenters. The molecule has 33 heavy (non-hydrogen) atoms. The zero-order valence-corrected chi connectivity index (χ0v) is 25.4. The number of hydrogen-bond acceptors (Lipinski definition) is 2. The van der Waals surface area contributed by atoms with Crippen molar-refractivity contribution < 1.29 is 52.5 Å². The quantitative estimate of drug-likeness (QED) is 0.203. The van der Waals surface area contributed by atoms with Gasteiger partial charge in [0.2, 0.25) is 0 Å². The second-order valence-corrected chi connectivity index (χ2v) is 10.9. The van der Waals surface area contributed by atoms with Gasteiger partial charge in [-0.05, 0) is 37.8 Å². The molecule has 1 aromatic rings. The lowest BCUT2D eigenvalue weighted by Crippen LogP contribution is -3.00. The maximum Gasteiger partial charge on any atom is 0.414 e. The van der Waals surface area contributed by atoms with E-state index in [4.69, 9.17) is 4.74 Å². The number of unbranched alkanes of at least 4 members (excludes halogenated alkanes) is 8. The van der Waals surface area contributed by atoms with Crippen molar-refractivity contribution >= 4 is 6.09 Å². The number of nitrogens with zero attached hydrogens (tertiary/aromatic N) is 3. The Hall–Kier alpha value is -0.630. The zero-order chi connectivity index (χ0) is 23.3. The zero-order valence-electron chi connectivity index (χ0n) is 22.2.